The molecule has 140 valence electrons. The van der Waals surface area contributed by atoms with Crippen molar-refractivity contribution in [3.63, 3.8) is 0 Å². The van der Waals surface area contributed by atoms with E-state index < -0.39 is 17.7 Å². The SMILES string of the molecule is CCOC(=O)CN(C)C(=O)n1c(=O)n(C)c2nc(-c3ccccc3)ncc21. The van der Waals surface area contributed by atoms with Crippen LogP contribution in [0.25, 0.3) is 22.6 Å². The Labute approximate surface area is 154 Å². The summed E-state index contributed by atoms with van der Waals surface area (Å²) in [6.07, 6.45) is 1.43. The van der Waals surface area contributed by atoms with E-state index >= 15 is 0 Å². The molecule has 3 rings (SSSR count). The third-order valence-electron chi connectivity index (χ3n) is 4.01. The van der Waals surface area contributed by atoms with Crippen LogP contribution in [0.3, 0.4) is 0 Å². The van der Waals surface area contributed by atoms with Crippen LogP contribution in [-0.4, -0.2) is 56.2 Å². The fourth-order valence-electron chi connectivity index (χ4n) is 2.66. The van der Waals surface area contributed by atoms with E-state index in [0.717, 1.165) is 15.0 Å². The Hall–Kier alpha value is -3.49. The Morgan fingerprint density at radius 1 is 1.22 bits per heavy atom. The average Bonchev–Trinajstić information content (AvgIpc) is 2.92. The normalized spacial score (nSPS) is 10.8. The number of aryl methyl sites for hydroxylation is 1. The number of hydrogen-bond acceptors (Lipinski definition) is 6. The zero-order chi connectivity index (χ0) is 19.6. The summed E-state index contributed by atoms with van der Waals surface area (Å²) in [5, 5.41) is 0. The summed E-state index contributed by atoms with van der Waals surface area (Å²) in [6.45, 7) is 1.63. The maximum Gasteiger partial charge on any atom is 0.338 e. The molecule has 2 heterocycles. The number of carbonyl (C=O) groups is 2. The Bertz CT molecular complexity index is 1050. The zero-order valence-corrected chi connectivity index (χ0v) is 15.2. The lowest BCUT2D eigenvalue weighted by molar-refractivity contribution is -0.143. The molecule has 0 aliphatic rings. The highest BCUT2D eigenvalue weighted by Gasteiger charge is 2.23. The summed E-state index contributed by atoms with van der Waals surface area (Å²) in [4.78, 5) is 46.7. The standard InChI is InChI=1S/C18H19N5O4/c1-4-27-14(24)11-21(2)17(25)23-13-10-19-15(12-8-6-5-7-9-12)20-16(13)22(3)18(23)26/h5-10H,4,11H2,1-3H3. The van der Waals surface area contributed by atoms with Gasteiger partial charge in [-0.15, -0.1) is 0 Å². The van der Waals surface area contributed by atoms with E-state index in [9.17, 15) is 14.4 Å². The van der Waals surface area contributed by atoms with Crippen LogP contribution >= 0.6 is 0 Å². The van der Waals surface area contributed by atoms with Crippen LogP contribution in [0.5, 0.6) is 0 Å². The highest BCUT2D eigenvalue weighted by atomic mass is 16.5. The molecule has 1 aromatic carbocycles. The molecule has 0 unspecified atom stereocenters. The lowest BCUT2D eigenvalue weighted by Crippen LogP contribution is -2.40. The number of hydrogen-bond donors (Lipinski definition) is 0. The van der Waals surface area contributed by atoms with Gasteiger partial charge in [0, 0.05) is 19.7 Å². The topological polar surface area (TPSA) is 99.3 Å². The largest absolute Gasteiger partial charge is 0.465 e. The van der Waals surface area contributed by atoms with Gasteiger partial charge in [0.1, 0.15) is 12.1 Å². The van der Waals surface area contributed by atoms with Crippen molar-refractivity contribution in [1.29, 1.82) is 0 Å². The van der Waals surface area contributed by atoms with Crippen LogP contribution in [0, 0.1) is 0 Å². The number of nitrogens with zero attached hydrogens (tertiary/aromatic N) is 5. The molecule has 0 radical (unpaired) electrons. The van der Waals surface area contributed by atoms with Crippen LogP contribution in [-0.2, 0) is 16.6 Å². The van der Waals surface area contributed by atoms with Gasteiger partial charge in [-0.25, -0.2) is 24.1 Å². The fourth-order valence-corrected chi connectivity index (χ4v) is 2.66. The molecule has 0 saturated heterocycles. The number of imidazole rings is 1. The smallest absolute Gasteiger partial charge is 0.338 e. The van der Waals surface area contributed by atoms with Crippen LogP contribution in [0.15, 0.2) is 41.3 Å². The number of likely N-dealkylation sites (N-methyl/N-ethyl adjacent to an activating group) is 1. The van der Waals surface area contributed by atoms with Gasteiger partial charge in [0.05, 0.1) is 12.8 Å². The number of ether oxygens (including phenoxy) is 1. The maximum absolute atomic E-state index is 12.7. The molecule has 0 atom stereocenters. The van der Waals surface area contributed by atoms with Crippen molar-refractivity contribution >= 4 is 23.2 Å². The first kappa shape index (κ1) is 18.3. The molecular formula is C18H19N5O4. The van der Waals surface area contributed by atoms with Crippen molar-refractivity contribution in [2.24, 2.45) is 7.05 Å². The zero-order valence-electron chi connectivity index (χ0n) is 15.2. The molecule has 27 heavy (non-hydrogen) atoms. The summed E-state index contributed by atoms with van der Waals surface area (Å²) in [7, 11) is 2.95. The van der Waals surface area contributed by atoms with Gasteiger partial charge in [-0.2, -0.15) is 0 Å². The van der Waals surface area contributed by atoms with E-state index in [1.54, 1.807) is 6.92 Å². The first-order valence-corrected chi connectivity index (χ1v) is 8.35. The van der Waals surface area contributed by atoms with Crippen LogP contribution < -0.4 is 5.69 Å². The molecule has 0 aliphatic heterocycles. The Kier molecular flexibility index (Phi) is 5.02. The van der Waals surface area contributed by atoms with E-state index in [1.807, 2.05) is 30.3 Å². The Morgan fingerprint density at radius 2 is 1.93 bits per heavy atom. The van der Waals surface area contributed by atoms with Gasteiger partial charge in [0.15, 0.2) is 11.5 Å². The number of esters is 1. The van der Waals surface area contributed by atoms with Gasteiger partial charge in [-0.3, -0.25) is 9.36 Å². The molecule has 0 spiro atoms. The van der Waals surface area contributed by atoms with E-state index in [0.29, 0.717) is 11.5 Å². The van der Waals surface area contributed by atoms with E-state index in [2.05, 4.69) is 9.97 Å². The number of amides is 1. The van der Waals surface area contributed by atoms with Gasteiger partial charge in [0.25, 0.3) is 0 Å². The summed E-state index contributed by atoms with van der Waals surface area (Å²) in [5.41, 5.74) is 0.824. The summed E-state index contributed by atoms with van der Waals surface area (Å²) in [5.74, 6) is -0.104. The monoisotopic (exact) mass is 369 g/mol. The maximum atomic E-state index is 12.7. The number of aromatic nitrogens is 4. The predicted octanol–water partition coefficient (Wildman–Crippen LogP) is 1.26. The molecule has 2 aromatic heterocycles. The van der Waals surface area contributed by atoms with Crippen molar-refractivity contribution in [3.05, 3.63) is 47.0 Å². The van der Waals surface area contributed by atoms with Gasteiger partial charge in [-0.05, 0) is 6.92 Å². The Morgan fingerprint density at radius 3 is 2.59 bits per heavy atom. The summed E-state index contributed by atoms with van der Waals surface area (Å²) < 4.78 is 7.06. The van der Waals surface area contributed by atoms with Crippen molar-refractivity contribution < 1.29 is 14.3 Å². The highest BCUT2D eigenvalue weighted by Crippen LogP contribution is 2.17. The lowest BCUT2D eigenvalue weighted by atomic mass is 10.2. The molecule has 0 aliphatic carbocycles. The summed E-state index contributed by atoms with van der Waals surface area (Å²) in [6, 6.07) is 8.66. The third kappa shape index (κ3) is 3.43. The minimum absolute atomic E-state index is 0.213. The average molecular weight is 369 g/mol. The number of fused-ring (bicyclic) bond motifs is 1. The number of carbonyl (C=O) groups excluding carboxylic acids is 2. The first-order valence-electron chi connectivity index (χ1n) is 8.35. The van der Waals surface area contributed by atoms with E-state index in [-0.39, 0.29) is 18.7 Å². The second-order valence-electron chi connectivity index (χ2n) is 5.89. The van der Waals surface area contributed by atoms with Crippen molar-refractivity contribution in [2.75, 3.05) is 20.2 Å². The number of rotatable bonds is 4. The molecule has 1 amide bonds. The first-order chi connectivity index (χ1) is 12.9. The van der Waals surface area contributed by atoms with Gasteiger partial charge >= 0.3 is 17.7 Å². The minimum atomic E-state index is -0.658. The van der Waals surface area contributed by atoms with Gasteiger partial charge in [0.2, 0.25) is 0 Å². The minimum Gasteiger partial charge on any atom is -0.465 e. The molecule has 9 nitrogen and oxygen atoms in total. The molecular weight excluding hydrogens is 350 g/mol. The molecule has 0 fully saturated rings. The number of benzene rings is 1. The second kappa shape index (κ2) is 7.40. The fraction of sp³-hybridized carbons (Fsp3) is 0.278. The van der Waals surface area contributed by atoms with Crippen LogP contribution in [0.2, 0.25) is 0 Å². The van der Waals surface area contributed by atoms with Crippen molar-refractivity contribution in [3.8, 4) is 11.4 Å². The Balaban J connectivity index is 2.02. The molecule has 0 bridgehead atoms. The molecule has 0 saturated carbocycles. The summed E-state index contributed by atoms with van der Waals surface area (Å²) >= 11 is 0. The second-order valence-corrected chi connectivity index (χ2v) is 5.89. The lowest BCUT2D eigenvalue weighted by Gasteiger charge is -2.15. The van der Waals surface area contributed by atoms with E-state index in [1.165, 1.54) is 24.9 Å². The van der Waals surface area contributed by atoms with Crippen LogP contribution in [0.1, 0.15) is 6.92 Å². The molecule has 0 N–H and O–H groups in total. The molecule has 9 heteroatoms. The highest BCUT2D eigenvalue weighted by molar-refractivity contribution is 5.89. The van der Waals surface area contributed by atoms with Gasteiger partial charge in [-0.1, -0.05) is 30.3 Å². The van der Waals surface area contributed by atoms with Crippen molar-refractivity contribution in [2.45, 2.75) is 6.92 Å². The van der Waals surface area contributed by atoms with Crippen LogP contribution in [0.4, 0.5) is 4.79 Å². The third-order valence-corrected chi connectivity index (χ3v) is 4.01. The van der Waals surface area contributed by atoms with E-state index in [4.69, 9.17) is 4.74 Å². The van der Waals surface area contributed by atoms with Crippen molar-refractivity contribution in [1.82, 2.24) is 24.0 Å². The van der Waals surface area contributed by atoms with Gasteiger partial charge < -0.3 is 9.64 Å². The predicted molar refractivity (Wildman–Crippen MR) is 98.3 cm³/mol. The quantitative estimate of drug-likeness (QED) is 0.642. The molecule has 3 aromatic rings.